The second-order valence-corrected chi connectivity index (χ2v) is 17.9. The van der Waals surface area contributed by atoms with Crippen molar-refractivity contribution in [1.82, 2.24) is 9.80 Å². The fourth-order valence-electron chi connectivity index (χ4n) is 7.92. The molecule has 7 nitrogen and oxygen atoms in total. The molecule has 58 heavy (non-hydrogen) atoms. The van der Waals surface area contributed by atoms with E-state index in [0.29, 0.717) is 58.8 Å². The Hall–Kier alpha value is -5.85. The van der Waals surface area contributed by atoms with E-state index in [1.807, 2.05) is 50.3 Å². The Morgan fingerprint density at radius 1 is 0.655 bits per heavy atom. The van der Waals surface area contributed by atoms with Crippen LogP contribution in [-0.2, 0) is 32.3 Å². The fraction of sp³-hybridized carbons (Fsp3) is 0.122. The zero-order chi connectivity index (χ0) is 40.4. The molecule has 0 N–H and O–H groups in total. The quantitative estimate of drug-likeness (QED) is 0.104. The molecule has 3 aliphatic heterocycles. The Kier molecular flexibility index (Phi) is 11.1. The summed E-state index contributed by atoms with van der Waals surface area (Å²) in [4.78, 5) is 30.7. The second-order valence-electron chi connectivity index (χ2n) is 14.0. The summed E-state index contributed by atoms with van der Waals surface area (Å²) in [5.74, 6) is 1.46. The molecule has 9 heteroatoms. The summed E-state index contributed by atoms with van der Waals surface area (Å²) in [6.07, 6.45) is 12.1. The maximum absolute atomic E-state index is 13.9. The number of likely N-dealkylation sites (N-methyl/N-ethyl adjacent to an activating group) is 2. The van der Waals surface area contributed by atoms with Gasteiger partial charge >= 0.3 is 297 Å². The van der Waals surface area contributed by atoms with Gasteiger partial charge in [-0.25, -0.2) is 0 Å². The van der Waals surface area contributed by atoms with Gasteiger partial charge in [0.15, 0.2) is 5.76 Å². The first kappa shape index (κ1) is 39.0. The monoisotopic (exact) mass is 960 g/mol. The molecule has 289 valence electrons. The Morgan fingerprint density at radius 3 is 1.57 bits per heavy atom. The first-order valence-corrected chi connectivity index (χ1v) is 22.0. The van der Waals surface area contributed by atoms with Gasteiger partial charge in [0.05, 0.1) is 0 Å². The molecule has 2 amide bonds. The summed E-state index contributed by atoms with van der Waals surface area (Å²) in [5.41, 5.74) is 4.70. The number of rotatable bonds is 10. The Bertz CT molecular complexity index is 2590. The van der Waals surface area contributed by atoms with Gasteiger partial charge in [0.2, 0.25) is 0 Å². The van der Waals surface area contributed by atoms with Crippen molar-refractivity contribution in [3.8, 4) is 4.37 Å². The van der Waals surface area contributed by atoms with Crippen molar-refractivity contribution >= 4 is 58.5 Å². The van der Waals surface area contributed by atoms with Gasteiger partial charge in [-0.1, -0.05) is 6.08 Å². The minimum atomic E-state index is -2.53. The third kappa shape index (κ3) is 6.73. The summed E-state index contributed by atoms with van der Waals surface area (Å²) in [5, 5.41) is 4.72. The van der Waals surface area contributed by atoms with Crippen LogP contribution < -0.4 is 15.9 Å². The number of ether oxygens (including phenoxy) is 1. The third-order valence-electron chi connectivity index (χ3n) is 10.6. The number of nitrogens with zero attached hydrogens (tertiary/aromatic N) is 2. The topological polar surface area (TPSA) is 76.1 Å². The molecule has 8 rings (SSSR count). The molecule has 0 atom stereocenters. The van der Waals surface area contributed by atoms with E-state index < -0.39 is 7.26 Å². The van der Waals surface area contributed by atoms with E-state index >= 15 is 0 Å². The Labute approximate surface area is 349 Å². The van der Waals surface area contributed by atoms with Crippen LogP contribution in [0.4, 0.5) is 0 Å². The summed E-state index contributed by atoms with van der Waals surface area (Å²) < 4.78 is 22.3. The van der Waals surface area contributed by atoms with Crippen molar-refractivity contribution in [2.75, 3.05) is 27.3 Å². The maximum atomic E-state index is 13.9. The number of allylic oxidation sites excluding steroid dienone is 6. The number of benzene rings is 3. The second kappa shape index (κ2) is 16.6. The van der Waals surface area contributed by atoms with Crippen LogP contribution >= 0.6 is 7.26 Å². The van der Waals surface area contributed by atoms with Gasteiger partial charge < -0.3 is 4.42 Å². The van der Waals surface area contributed by atoms with Crippen LogP contribution in [0.25, 0.3) is 23.5 Å². The van der Waals surface area contributed by atoms with E-state index in [9.17, 15) is 9.59 Å². The molecule has 2 aromatic heterocycles. The van der Waals surface area contributed by atoms with Gasteiger partial charge in [0, 0.05) is 7.05 Å². The molecule has 5 aromatic rings. The van der Waals surface area contributed by atoms with Crippen LogP contribution in [0.5, 0.6) is 0 Å². The Morgan fingerprint density at radius 2 is 1.12 bits per heavy atom. The van der Waals surface area contributed by atoms with Crippen LogP contribution in [0, 0.1) is 4.37 Å². The van der Waals surface area contributed by atoms with E-state index in [-0.39, 0.29) is 11.8 Å². The van der Waals surface area contributed by atoms with Crippen molar-refractivity contribution in [1.29, 1.82) is 0 Å². The predicted molar refractivity (Wildman–Crippen MR) is 229 cm³/mol. The molecule has 3 aromatic carbocycles. The van der Waals surface area contributed by atoms with Crippen LogP contribution in [0.2, 0.25) is 0 Å². The van der Waals surface area contributed by atoms with E-state index in [1.54, 1.807) is 38.1 Å². The number of carbonyl (C=O) groups excluding carboxylic acids is 2. The molecule has 5 heterocycles. The summed E-state index contributed by atoms with van der Waals surface area (Å²) in [7, 11) is 0.797. The van der Waals surface area contributed by atoms with Gasteiger partial charge in [-0.2, -0.15) is 0 Å². The zero-order valence-corrected chi connectivity index (χ0v) is 36.0. The molecule has 0 aliphatic carbocycles. The zero-order valence-electron chi connectivity index (χ0n) is 32.6. The van der Waals surface area contributed by atoms with Crippen LogP contribution in [0.3, 0.4) is 0 Å². The van der Waals surface area contributed by atoms with Gasteiger partial charge in [-0.15, -0.1) is 0 Å². The van der Waals surface area contributed by atoms with Gasteiger partial charge in [0.1, 0.15) is 5.76 Å². The third-order valence-corrected chi connectivity index (χ3v) is 16.0. The standard InChI is InChI=1S/C49H41N2O5P.Os/c1-6-17-37-26-28-42(55-37)46-44-45(49(53)50(46)4)47(51(5)48(44)52)43-29-27-38(56-43)25-24-35(30-36-32-54-31-34(36)7-2)33(3)57(39-18-11-8-12-19-39,40-20-13-9-14-21-40)41-22-15-10-16-23-41;/h6-30H,31-32H2,1-2,4-5H3;/q+1;/b17-6+,25-24+,34-7?,35-33?,36-30?;. The van der Waals surface area contributed by atoms with E-state index in [0.717, 1.165) is 22.0 Å². The number of furan rings is 2. The molecule has 1 saturated heterocycles. The molecule has 0 radical (unpaired) electrons. The average molecular weight is 959 g/mol. The van der Waals surface area contributed by atoms with Crippen LogP contribution in [0.1, 0.15) is 36.9 Å². The molecule has 3 aliphatic rings. The summed E-state index contributed by atoms with van der Waals surface area (Å²) >= 11 is 1.73. The van der Waals surface area contributed by atoms with Crippen molar-refractivity contribution in [2.45, 2.75) is 13.8 Å². The number of carbonyl (C=O) groups is 2. The van der Waals surface area contributed by atoms with Gasteiger partial charge in [-0.3, -0.25) is 0 Å². The van der Waals surface area contributed by atoms with Gasteiger partial charge in [-0.05, 0) is 25.1 Å². The molecule has 0 spiro atoms. The van der Waals surface area contributed by atoms with Crippen molar-refractivity contribution in [2.24, 2.45) is 0 Å². The number of amides is 2. The minimum absolute atomic E-state index is 0.297. The summed E-state index contributed by atoms with van der Waals surface area (Å²) in [6, 6.07) is 39.5. The molecular weight excluding hydrogens is 918 g/mol. The fourth-order valence-corrected chi connectivity index (χ4v) is 13.7. The van der Waals surface area contributed by atoms with E-state index in [2.05, 4.69) is 114 Å². The average Bonchev–Trinajstić information content (AvgIpc) is 4.10. The molecular formula is C49H41N2O5OsP+. The Balaban J connectivity index is 1.30. The predicted octanol–water partition coefficient (Wildman–Crippen LogP) is 8.64. The first-order valence-electron chi connectivity index (χ1n) is 19.0. The van der Waals surface area contributed by atoms with Gasteiger partial charge in [0.25, 0.3) is 0 Å². The van der Waals surface area contributed by atoms with E-state index in [4.69, 9.17) is 13.6 Å². The molecule has 0 saturated carbocycles. The van der Waals surface area contributed by atoms with Crippen LogP contribution in [0.15, 0.2) is 182 Å². The van der Waals surface area contributed by atoms with Crippen LogP contribution in [-0.4, -0.2) is 48.9 Å². The molecule has 0 bridgehead atoms. The summed E-state index contributed by atoms with van der Waals surface area (Å²) in [6.45, 7) is 5.00. The number of fused-ring (bicyclic) bond motifs is 1. The van der Waals surface area contributed by atoms with Crippen molar-refractivity contribution < 1.29 is 41.1 Å². The SMILES string of the molecule is CC=C1COCC1=CC(/C=C/c1ccc(C2=C3C(=O)N(C)C(c4ccc(/C=C/C)o4)=C3C(=O)N2C)o1)=C([C]#[Os])[P+](c1ccccc1)(c1ccccc1)c1ccccc1. The number of hydrogen-bond acceptors (Lipinski definition) is 5. The first-order chi connectivity index (χ1) is 28.3. The molecule has 1 fully saturated rings. The van der Waals surface area contributed by atoms with Crippen molar-refractivity contribution in [3.63, 3.8) is 0 Å². The van der Waals surface area contributed by atoms with E-state index in [1.165, 1.54) is 25.7 Å². The normalized spacial score (nSPS) is 17.9. The van der Waals surface area contributed by atoms with Crippen molar-refractivity contribution in [3.05, 3.63) is 196 Å². The molecule has 0 unspecified atom stereocenters. The number of hydrogen-bond donors (Lipinski definition) is 0.